The van der Waals surface area contributed by atoms with E-state index in [0.29, 0.717) is 5.69 Å². The van der Waals surface area contributed by atoms with Gasteiger partial charge in [-0.25, -0.2) is 0 Å². The molecule has 1 aromatic heterocycles. The number of rotatable bonds is 3. The molecule has 80 valence electrons. The van der Waals surface area contributed by atoms with E-state index < -0.39 is 11.7 Å². The summed E-state index contributed by atoms with van der Waals surface area (Å²) >= 11 is 0. The molecule has 0 aliphatic rings. The Bertz CT molecular complexity index is 516. The Labute approximate surface area is 90.7 Å². The summed E-state index contributed by atoms with van der Waals surface area (Å²) < 4.78 is 0. The first-order valence-corrected chi connectivity index (χ1v) is 4.49. The lowest BCUT2D eigenvalue weighted by atomic mass is 10.1. The summed E-state index contributed by atoms with van der Waals surface area (Å²) in [6.45, 7) is 0. The van der Waals surface area contributed by atoms with Crippen molar-refractivity contribution in [3.63, 3.8) is 0 Å². The van der Waals surface area contributed by atoms with Crippen molar-refractivity contribution in [2.24, 2.45) is 5.73 Å². The van der Waals surface area contributed by atoms with Gasteiger partial charge in [-0.3, -0.25) is 9.59 Å². The standard InChI is InChI=1S/C10H8N4O2/c11-10(16)9(15)7-1-3-8(4-2-7)14-12-5-6-13-14/h1-6H,(H2,11,16). The Kier molecular flexibility index (Phi) is 2.47. The van der Waals surface area contributed by atoms with Crippen molar-refractivity contribution in [1.82, 2.24) is 15.0 Å². The molecule has 2 aromatic rings. The van der Waals surface area contributed by atoms with E-state index in [0.717, 1.165) is 0 Å². The zero-order valence-electron chi connectivity index (χ0n) is 8.20. The number of benzene rings is 1. The minimum Gasteiger partial charge on any atom is -0.363 e. The molecule has 0 unspecified atom stereocenters. The molecule has 0 radical (unpaired) electrons. The molecule has 0 aliphatic heterocycles. The average Bonchev–Trinajstić information content (AvgIpc) is 2.81. The molecule has 0 atom stereocenters. The van der Waals surface area contributed by atoms with E-state index in [1.165, 1.54) is 16.9 Å². The number of ketones is 1. The van der Waals surface area contributed by atoms with Gasteiger partial charge in [0, 0.05) is 5.56 Å². The number of carbonyl (C=O) groups is 2. The number of primary amides is 1. The number of hydrogen-bond acceptors (Lipinski definition) is 4. The predicted molar refractivity (Wildman–Crippen MR) is 54.9 cm³/mol. The lowest BCUT2D eigenvalue weighted by molar-refractivity contribution is -0.114. The zero-order valence-corrected chi connectivity index (χ0v) is 8.20. The van der Waals surface area contributed by atoms with Crippen molar-refractivity contribution in [2.45, 2.75) is 0 Å². The topological polar surface area (TPSA) is 90.9 Å². The summed E-state index contributed by atoms with van der Waals surface area (Å²) in [5.41, 5.74) is 5.84. The monoisotopic (exact) mass is 216 g/mol. The van der Waals surface area contributed by atoms with Crippen LogP contribution in [0.15, 0.2) is 36.7 Å². The number of nitrogens with two attached hydrogens (primary N) is 1. The highest BCUT2D eigenvalue weighted by atomic mass is 16.2. The van der Waals surface area contributed by atoms with Gasteiger partial charge in [0.05, 0.1) is 18.1 Å². The van der Waals surface area contributed by atoms with Crippen LogP contribution in [0.3, 0.4) is 0 Å². The number of amides is 1. The second kappa shape index (κ2) is 3.93. The Morgan fingerprint density at radius 1 is 1.06 bits per heavy atom. The van der Waals surface area contributed by atoms with Crippen LogP contribution in [0.1, 0.15) is 10.4 Å². The fourth-order valence-electron chi connectivity index (χ4n) is 1.24. The summed E-state index contributed by atoms with van der Waals surface area (Å²) in [6, 6.07) is 6.28. The number of nitrogens with zero attached hydrogens (tertiary/aromatic N) is 3. The predicted octanol–water partition coefficient (Wildman–Crippen LogP) is -0.0647. The van der Waals surface area contributed by atoms with E-state index >= 15 is 0 Å². The van der Waals surface area contributed by atoms with Gasteiger partial charge in [-0.15, -0.1) is 0 Å². The van der Waals surface area contributed by atoms with Crippen LogP contribution in [-0.2, 0) is 4.79 Å². The van der Waals surface area contributed by atoms with Crippen LogP contribution in [-0.4, -0.2) is 26.7 Å². The van der Waals surface area contributed by atoms with Gasteiger partial charge in [-0.05, 0) is 24.3 Å². The van der Waals surface area contributed by atoms with E-state index in [1.54, 1.807) is 24.5 Å². The molecule has 1 heterocycles. The summed E-state index contributed by atoms with van der Waals surface area (Å²) in [6.07, 6.45) is 3.09. The van der Waals surface area contributed by atoms with Crippen molar-refractivity contribution in [2.75, 3.05) is 0 Å². The normalized spacial score (nSPS) is 10.0. The van der Waals surface area contributed by atoms with Gasteiger partial charge in [-0.1, -0.05) is 0 Å². The van der Waals surface area contributed by atoms with Crippen molar-refractivity contribution in [1.29, 1.82) is 0 Å². The smallest absolute Gasteiger partial charge is 0.289 e. The number of Topliss-reactive ketones (excluding diaryl/α,β-unsaturated/α-hetero) is 1. The molecule has 1 amide bonds. The Hall–Kier alpha value is -2.50. The minimum atomic E-state index is -0.968. The van der Waals surface area contributed by atoms with Gasteiger partial charge >= 0.3 is 0 Å². The van der Waals surface area contributed by atoms with E-state index in [-0.39, 0.29) is 5.56 Å². The van der Waals surface area contributed by atoms with Gasteiger partial charge in [0.25, 0.3) is 5.91 Å². The Morgan fingerprint density at radius 3 is 2.12 bits per heavy atom. The fraction of sp³-hybridized carbons (Fsp3) is 0. The maximum atomic E-state index is 11.2. The summed E-state index contributed by atoms with van der Waals surface area (Å²) in [4.78, 5) is 23.3. The van der Waals surface area contributed by atoms with Gasteiger partial charge in [0.2, 0.25) is 5.78 Å². The average molecular weight is 216 g/mol. The SMILES string of the molecule is NC(=O)C(=O)c1ccc(-n2nccn2)cc1. The first-order valence-electron chi connectivity index (χ1n) is 4.49. The van der Waals surface area contributed by atoms with E-state index in [1.807, 2.05) is 0 Å². The molecule has 0 spiro atoms. The summed E-state index contributed by atoms with van der Waals surface area (Å²) in [5, 5.41) is 7.85. The van der Waals surface area contributed by atoms with Crippen LogP contribution in [0.5, 0.6) is 0 Å². The molecule has 0 saturated carbocycles. The number of carbonyl (C=O) groups excluding carboxylic acids is 2. The second-order valence-electron chi connectivity index (χ2n) is 3.06. The molecule has 0 saturated heterocycles. The van der Waals surface area contributed by atoms with Crippen LogP contribution in [0.2, 0.25) is 0 Å². The highest BCUT2D eigenvalue weighted by Crippen LogP contribution is 2.07. The van der Waals surface area contributed by atoms with Crippen molar-refractivity contribution in [3.8, 4) is 5.69 Å². The molecule has 6 nitrogen and oxygen atoms in total. The fourth-order valence-corrected chi connectivity index (χ4v) is 1.24. The zero-order chi connectivity index (χ0) is 11.5. The molecule has 0 bridgehead atoms. The van der Waals surface area contributed by atoms with Crippen molar-refractivity contribution >= 4 is 11.7 Å². The molecular formula is C10H8N4O2. The van der Waals surface area contributed by atoms with Gasteiger partial charge in [0.1, 0.15) is 0 Å². The highest BCUT2D eigenvalue weighted by Gasteiger charge is 2.11. The molecule has 0 aliphatic carbocycles. The lowest BCUT2D eigenvalue weighted by Gasteiger charge is -2.00. The van der Waals surface area contributed by atoms with Crippen LogP contribution in [0, 0.1) is 0 Å². The first kappa shape index (κ1) is 10.0. The maximum Gasteiger partial charge on any atom is 0.289 e. The van der Waals surface area contributed by atoms with Crippen molar-refractivity contribution < 1.29 is 9.59 Å². The van der Waals surface area contributed by atoms with Crippen molar-refractivity contribution in [3.05, 3.63) is 42.2 Å². The molecule has 1 aromatic carbocycles. The minimum absolute atomic E-state index is 0.253. The van der Waals surface area contributed by atoms with E-state index in [4.69, 9.17) is 5.73 Å². The van der Waals surface area contributed by atoms with Gasteiger partial charge in [0.15, 0.2) is 0 Å². The highest BCUT2D eigenvalue weighted by molar-refractivity contribution is 6.42. The van der Waals surface area contributed by atoms with E-state index in [9.17, 15) is 9.59 Å². The third-order valence-corrected chi connectivity index (χ3v) is 2.00. The second-order valence-corrected chi connectivity index (χ2v) is 3.06. The molecule has 16 heavy (non-hydrogen) atoms. The number of hydrogen-bond donors (Lipinski definition) is 1. The third kappa shape index (κ3) is 1.81. The maximum absolute atomic E-state index is 11.2. The number of aromatic nitrogens is 3. The third-order valence-electron chi connectivity index (χ3n) is 2.00. The van der Waals surface area contributed by atoms with Crippen LogP contribution < -0.4 is 5.73 Å². The van der Waals surface area contributed by atoms with Crippen LogP contribution in [0.4, 0.5) is 0 Å². The molecular weight excluding hydrogens is 208 g/mol. The lowest BCUT2D eigenvalue weighted by Crippen LogP contribution is -2.22. The molecule has 6 heteroatoms. The van der Waals surface area contributed by atoms with Gasteiger partial charge < -0.3 is 5.73 Å². The largest absolute Gasteiger partial charge is 0.363 e. The Balaban J connectivity index is 2.30. The van der Waals surface area contributed by atoms with Crippen LogP contribution in [0.25, 0.3) is 5.69 Å². The van der Waals surface area contributed by atoms with E-state index in [2.05, 4.69) is 10.2 Å². The van der Waals surface area contributed by atoms with Gasteiger partial charge in [-0.2, -0.15) is 15.0 Å². The quantitative estimate of drug-likeness (QED) is 0.574. The summed E-state index contributed by atoms with van der Waals surface area (Å²) in [7, 11) is 0. The summed E-state index contributed by atoms with van der Waals surface area (Å²) in [5.74, 6) is -1.68. The first-order chi connectivity index (χ1) is 7.68. The molecule has 2 rings (SSSR count). The van der Waals surface area contributed by atoms with Crippen LogP contribution >= 0.6 is 0 Å². The Morgan fingerprint density at radius 2 is 1.62 bits per heavy atom. The molecule has 2 N–H and O–H groups in total. The molecule has 0 fully saturated rings.